The Morgan fingerprint density at radius 2 is 1.80 bits per heavy atom. The Labute approximate surface area is 89.9 Å². The van der Waals surface area contributed by atoms with Crippen molar-refractivity contribution in [1.82, 2.24) is 0 Å². The first kappa shape index (κ1) is 10.9. The summed E-state index contributed by atoms with van der Waals surface area (Å²) >= 11 is 0. The minimum absolute atomic E-state index is 0.189. The molecule has 15 heavy (non-hydrogen) atoms. The lowest BCUT2D eigenvalue weighted by Crippen LogP contribution is -2.36. The number of fused-ring (bicyclic) bond motifs is 2. The van der Waals surface area contributed by atoms with E-state index in [1.54, 1.807) is 6.92 Å². The lowest BCUT2D eigenvalue weighted by molar-refractivity contribution is -0.148. The predicted octanol–water partition coefficient (Wildman–Crippen LogP) is 0.905. The molecule has 0 aromatic rings. The van der Waals surface area contributed by atoms with Crippen molar-refractivity contribution in [2.45, 2.75) is 43.1 Å². The molecule has 0 aliphatic carbocycles. The third-order valence-electron chi connectivity index (χ3n) is 3.45. The summed E-state index contributed by atoms with van der Waals surface area (Å²) in [5.74, 6) is -0.407. The van der Waals surface area contributed by atoms with Gasteiger partial charge in [-0.2, -0.15) is 0 Å². The van der Waals surface area contributed by atoms with Crippen molar-refractivity contribution < 1.29 is 17.9 Å². The molecule has 0 radical (unpaired) electrons. The van der Waals surface area contributed by atoms with Gasteiger partial charge < -0.3 is 4.74 Å². The van der Waals surface area contributed by atoms with Crippen LogP contribution in [0.5, 0.6) is 0 Å². The molecule has 2 bridgehead atoms. The van der Waals surface area contributed by atoms with Gasteiger partial charge >= 0.3 is 5.97 Å². The second-order valence-electron chi connectivity index (χ2n) is 4.33. The normalized spacial score (nSPS) is 37.5. The average Bonchev–Trinajstić information content (AvgIpc) is 2.42. The number of carbonyl (C=O) groups excluding carboxylic acids is 1. The number of carbonyl (C=O) groups is 1. The molecular formula is C10H16O4S. The van der Waals surface area contributed by atoms with E-state index in [0.717, 1.165) is 12.8 Å². The molecule has 0 N–H and O–H groups in total. The van der Waals surface area contributed by atoms with Crippen molar-refractivity contribution in [3.63, 3.8) is 0 Å². The second-order valence-corrected chi connectivity index (χ2v) is 6.84. The summed E-state index contributed by atoms with van der Waals surface area (Å²) in [6.45, 7) is 2.14. The monoisotopic (exact) mass is 232 g/mol. The number of sulfone groups is 1. The second kappa shape index (κ2) is 3.77. The zero-order valence-corrected chi connectivity index (χ0v) is 9.63. The minimum Gasteiger partial charge on any atom is -0.466 e. The molecule has 4 nitrogen and oxygen atoms in total. The van der Waals surface area contributed by atoms with Crippen molar-refractivity contribution >= 4 is 15.8 Å². The first-order valence-corrected chi connectivity index (χ1v) is 7.06. The first-order valence-electron chi connectivity index (χ1n) is 5.45. The number of hydrogen-bond acceptors (Lipinski definition) is 4. The highest BCUT2D eigenvalue weighted by Crippen LogP contribution is 2.41. The molecule has 2 saturated heterocycles. The quantitative estimate of drug-likeness (QED) is 0.664. The van der Waals surface area contributed by atoms with Crippen LogP contribution in [0.3, 0.4) is 0 Å². The lowest BCUT2D eigenvalue weighted by atomic mass is 10.00. The van der Waals surface area contributed by atoms with Crippen LogP contribution in [-0.4, -0.2) is 31.5 Å². The third-order valence-corrected chi connectivity index (χ3v) is 6.17. The van der Waals surface area contributed by atoms with E-state index in [-0.39, 0.29) is 22.4 Å². The molecular weight excluding hydrogens is 216 g/mol. The SMILES string of the molecule is CCOC(=O)C1CC2CCC(C1)S2(=O)=O. The van der Waals surface area contributed by atoms with Gasteiger partial charge in [0, 0.05) is 0 Å². The Morgan fingerprint density at radius 3 is 2.27 bits per heavy atom. The smallest absolute Gasteiger partial charge is 0.309 e. The van der Waals surface area contributed by atoms with Crippen LogP contribution in [0.15, 0.2) is 0 Å². The van der Waals surface area contributed by atoms with Gasteiger partial charge in [-0.1, -0.05) is 0 Å². The summed E-state index contributed by atoms with van der Waals surface area (Å²) in [6, 6.07) is 0. The van der Waals surface area contributed by atoms with Crippen LogP contribution in [0, 0.1) is 5.92 Å². The largest absolute Gasteiger partial charge is 0.466 e. The Kier molecular flexibility index (Phi) is 2.75. The van der Waals surface area contributed by atoms with Crippen LogP contribution in [0.2, 0.25) is 0 Å². The maximum Gasteiger partial charge on any atom is 0.309 e. The Hall–Kier alpha value is -0.580. The number of ether oxygens (including phenoxy) is 1. The fourth-order valence-corrected chi connectivity index (χ4v) is 5.13. The maximum atomic E-state index is 11.7. The summed E-state index contributed by atoms with van der Waals surface area (Å²) in [5.41, 5.74) is 0. The molecule has 0 spiro atoms. The van der Waals surface area contributed by atoms with Crippen molar-refractivity contribution in [3.8, 4) is 0 Å². The van der Waals surface area contributed by atoms with Crippen molar-refractivity contribution in [2.24, 2.45) is 5.92 Å². The summed E-state index contributed by atoms with van der Waals surface area (Å²) in [5, 5.41) is -0.573. The van der Waals surface area contributed by atoms with Crippen LogP contribution in [-0.2, 0) is 19.4 Å². The Bertz CT molecular complexity index is 340. The topological polar surface area (TPSA) is 60.4 Å². The summed E-state index contributed by atoms with van der Waals surface area (Å²) in [6.07, 6.45) is 2.39. The molecule has 5 heteroatoms. The predicted molar refractivity (Wildman–Crippen MR) is 55.1 cm³/mol. The van der Waals surface area contributed by atoms with E-state index in [4.69, 9.17) is 4.74 Å². The van der Waals surface area contributed by atoms with Crippen LogP contribution in [0.25, 0.3) is 0 Å². The van der Waals surface area contributed by atoms with Crippen molar-refractivity contribution in [2.75, 3.05) is 6.61 Å². The molecule has 0 aromatic heterocycles. The molecule has 2 aliphatic rings. The highest BCUT2D eigenvalue weighted by Gasteiger charge is 2.48. The maximum absolute atomic E-state index is 11.7. The first-order chi connectivity index (χ1) is 7.05. The van der Waals surface area contributed by atoms with Crippen LogP contribution in [0.4, 0.5) is 0 Å². The molecule has 2 unspecified atom stereocenters. The van der Waals surface area contributed by atoms with Crippen LogP contribution < -0.4 is 0 Å². The fraction of sp³-hybridized carbons (Fsp3) is 0.900. The van der Waals surface area contributed by atoms with Gasteiger partial charge in [0.25, 0.3) is 0 Å². The number of rotatable bonds is 2. The molecule has 0 aromatic carbocycles. The van der Waals surface area contributed by atoms with E-state index < -0.39 is 9.84 Å². The van der Waals surface area contributed by atoms with E-state index in [1.165, 1.54) is 0 Å². The van der Waals surface area contributed by atoms with Crippen molar-refractivity contribution in [1.29, 1.82) is 0 Å². The minimum atomic E-state index is -2.92. The van der Waals surface area contributed by atoms with E-state index >= 15 is 0 Å². The zero-order chi connectivity index (χ0) is 11.1. The fourth-order valence-electron chi connectivity index (χ4n) is 2.66. The number of esters is 1. The summed E-state index contributed by atoms with van der Waals surface area (Å²) in [7, 11) is -2.92. The van der Waals surface area contributed by atoms with Gasteiger partial charge in [0.05, 0.1) is 23.0 Å². The van der Waals surface area contributed by atoms with E-state index in [1.807, 2.05) is 0 Å². The lowest BCUT2D eigenvalue weighted by Gasteiger charge is -2.26. The highest BCUT2D eigenvalue weighted by atomic mass is 32.2. The Morgan fingerprint density at radius 1 is 1.27 bits per heavy atom. The van der Waals surface area contributed by atoms with Gasteiger partial charge in [0.15, 0.2) is 9.84 Å². The van der Waals surface area contributed by atoms with Gasteiger partial charge in [-0.15, -0.1) is 0 Å². The van der Waals surface area contributed by atoms with Gasteiger partial charge in [-0.3, -0.25) is 4.79 Å². The highest BCUT2D eigenvalue weighted by molar-refractivity contribution is 7.93. The Balaban J connectivity index is 2.09. The summed E-state index contributed by atoms with van der Waals surface area (Å²) in [4.78, 5) is 11.5. The van der Waals surface area contributed by atoms with Gasteiger partial charge in [-0.05, 0) is 32.6 Å². The molecule has 86 valence electrons. The van der Waals surface area contributed by atoms with Crippen LogP contribution >= 0.6 is 0 Å². The van der Waals surface area contributed by atoms with Gasteiger partial charge in [0.1, 0.15) is 0 Å². The molecule has 2 heterocycles. The van der Waals surface area contributed by atoms with Gasteiger partial charge in [-0.25, -0.2) is 8.42 Å². The molecule has 2 aliphatic heterocycles. The zero-order valence-electron chi connectivity index (χ0n) is 8.81. The molecule has 2 rings (SSSR count). The molecule has 2 fully saturated rings. The van der Waals surface area contributed by atoms with Crippen LogP contribution in [0.1, 0.15) is 32.6 Å². The standard InChI is InChI=1S/C10H16O4S/c1-2-14-10(11)7-5-8-3-4-9(6-7)15(8,12)13/h7-9H,2-6H2,1H3. The third kappa shape index (κ3) is 1.77. The number of hydrogen-bond donors (Lipinski definition) is 0. The van der Waals surface area contributed by atoms with Gasteiger partial charge in [0.2, 0.25) is 0 Å². The van der Waals surface area contributed by atoms with Crippen molar-refractivity contribution in [3.05, 3.63) is 0 Å². The van der Waals surface area contributed by atoms with E-state index in [9.17, 15) is 13.2 Å². The molecule has 0 amide bonds. The summed E-state index contributed by atoms with van der Waals surface area (Å²) < 4.78 is 28.4. The molecule has 2 atom stereocenters. The van der Waals surface area contributed by atoms with E-state index in [2.05, 4.69) is 0 Å². The molecule has 0 saturated carbocycles. The van der Waals surface area contributed by atoms with E-state index in [0.29, 0.717) is 19.4 Å². The average molecular weight is 232 g/mol.